The van der Waals surface area contributed by atoms with Gasteiger partial charge < -0.3 is 15.1 Å². The molecular weight excluding hydrogens is 560 g/mol. The van der Waals surface area contributed by atoms with Crippen molar-refractivity contribution < 1.29 is 9.59 Å². The van der Waals surface area contributed by atoms with Gasteiger partial charge in [0, 0.05) is 49.6 Å². The van der Waals surface area contributed by atoms with E-state index < -0.39 is 0 Å². The largest absolute Gasteiger partial charge is 0.343 e. The van der Waals surface area contributed by atoms with Crippen molar-refractivity contribution in [1.29, 1.82) is 0 Å². The second-order valence-electron chi connectivity index (χ2n) is 13.2. The summed E-state index contributed by atoms with van der Waals surface area (Å²) in [4.78, 5) is 35.8. The van der Waals surface area contributed by atoms with Crippen molar-refractivity contribution in [2.24, 2.45) is 17.3 Å². The van der Waals surface area contributed by atoms with E-state index >= 15 is 0 Å². The van der Waals surface area contributed by atoms with Gasteiger partial charge in [-0.15, -0.1) is 0 Å². The number of piperidine rings is 1. The highest BCUT2D eigenvalue weighted by atomic mass is 35.5. The number of hydrogen-bond donors (Lipinski definition) is 2. The van der Waals surface area contributed by atoms with Crippen molar-refractivity contribution in [2.75, 3.05) is 26.2 Å². The summed E-state index contributed by atoms with van der Waals surface area (Å²) in [6, 6.07) is 7.82. The lowest BCUT2D eigenvalue weighted by Gasteiger charge is -2.48. The Bertz CT molecular complexity index is 1150. The minimum absolute atomic E-state index is 0.0994. The number of aromatic amines is 1. The molecule has 1 aliphatic heterocycles. The summed E-state index contributed by atoms with van der Waals surface area (Å²) in [5.41, 5.74) is 1.27. The lowest BCUT2D eigenvalue weighted by molar-refractivity contribution is -0.138. The quantitative estimate of drug-likeness (QED) is 0.334. The van der Waals surface area contributed by atoms with E-state index in [0.29, 0.717) is 17.4 Å². The maximum Gasteiger partial charge on any atom is 0.240 e. The van der Waals surface area contributed by atoms with Crippen LogP contribution in [0, 0.1) is 17.3 Å². The fraction of sp³-hybridized carbons (Fsp3) is 0.706. The van der Waals surface area contributed by atoms with E-state index in [1.165, 1.54) is 32.1 Å². The van der Waals surface area contributed by atoms with Crippen LogP contribution in [0.2, 0.25) is 5.02 Å². The zero-order chi connectivity index (χ0) is 30.2. The molecule has 0 spiro atoms. The van der Waals surface area contributed by atoms with Crippen LogP contribution < -0.4 is 5.32 Å². The molecule has 2 aromatic rings. The predicted molar refractivity (Wildman–Crippen MR) is 171 cm³/mol. The van der Waals surface area contributed by atoms with Crippen LogP contribution in [-0.2, 0) is 22.4 Å². The fourth-order valence-corrected chi connectivity index (χ4v) is 8.26. The van der Waals surface area contributed by atoms with Crippen molar-refractivity contribution in [3.63, 3.8) is 0 Å². The fourth-order valence-electron chi connectivity index (χ4n) is 8.13. The molecular formula is C34H51ClN6O2. The predicted octanol–water partition coefficient (Wildman–Crippen LogP) is 5.82. The van der Waals surface area contributed by atoms with Gasteiger partial charge in [0.25, 0.3) is 0 Å². The molecule has 1 atom stereocenters. The molecule has 1 aromatic carbocycles. The Labute approximate surface area is 262 Å². The van der Waals surface area contributed by atoms with E-state index in [1.54, 1.807) is 6.33 Å². The summed E-state index contributed by atoms with van der Waals surface area (Å²) in [6.07, 6.45) is 15.3. The van der Waals surface area contributed by atoms with Crippen molar-refractivity contribution in [3.8, 4) is 0 Å². The third-order valence-electron chi connectivity index (χ3n) is 10.8. The van der Waals surface area contributed by atoms with Gasteiger partial charge in [0.05, 0.1) is 6.04 Å². The number of benzene rings is 1. The van der Waals surface area contributed by atoms with Crippen LogP contribution in [0.5, 0.6) is 0 Å². The summed E-state index contributed by atoms with van der Waals surface area (Å²) in [6.45, 7) is 7.20. The van der Waals surface area contributed by atoms with Crippen molar-refractivity contribution in [1.82, 2.24) is 30.3 Å². The summed E-state index contributed by atoms with van der Waals surface area (Å²) in [5.74, 6) is 2.17. The molecule has 0 radical (unpaired) electrons. The van der Waals surface area contributed by atoms with Crippen LogP contribution in [-0.4, -0.2) is 75.1 Å². The highest BCUT2D eigenvalue weighted by Gasteiger charge is 2.44. The molecule has 2 N–H and O–H groups in total. The first kappa shape index (κ1) is 32.0. The topological polar surface area (TPSA) is 94.2 Å². The van der Waals surface area contributed by atoms with E-state index in [0.717, 1.165) is 82.5 Å². The van der Waals surface area contributed by atoms with Gasteiger partial charge in [-0.05, 0) is 101 Å². The molecule has 2 amide bonds. The van der Waals surface area contributed by atoms with Crippen LogP contribution in [0.3, 0.4) is 0 Å². The van der Waals surface area contributed by atoms with Gasteiger partial charge in [0.2, 0.25) is 11.8 Å². The molecule has 1 saturated heterocycles. The smallest absolute Gasteiger partial charge is 0.240 e. The minimum atomic E-state index is -0.295. The molecule has 9 heteroatoms. The van der Waals surface area contributed by atoms with Gasteiger partial charge in [0.1, 0.15) is 6.33 Å². The highest BCUT2D eigenvalue weighted by molar-refractivity contribution is 6.30. The minimum Gasteiger partial charge on any atom is -0.343 e. The van der Waals surface area contributed by atoms with Crippen LogP contribution >= 0.6 is 11.6 Å². The Balaban J connectivity index is 1.25. The average Bonchev–Trinajstić information content (AvgIpc) is 3.56. The van der Waals surface area contributed by atoms with E-state index in [-0.39, 0.29) is 35.2 Å². The molecule has 8 nitrogen and oxygen atoms in total. The van der Waals surface area contributed by atoms with Crippen LogP contribution in [0.15, 0.2) is 30.6 Å². The molecule has 3 fully saturated rings. The van der Waals surface area contributed by atoms with Gasteiger partial charge in [0.15, 0.2) is 5.82 Å². The molecule has 2 saturated carbocycles. The number of likely N-dealkylation sites (tertiary alicyclic amines) is 1. The first-order valence-corrected chi connectivity index (χ1v) is 17.2. The lowest BCUT2D eigenvalue weighted by atomic mass is 9.62. The van der Waals surface area contributed by atoms with Gasteiger partial charge in [-0.1, -0.05) is 43.0 Å². The maximum atomic E-state index is 14.2. The number of carbonyl (C=O) groups is 2. The highest BCUT2D eigenvalue weighted by Crippen LogP contribution is 2.47. The van der Waals surface area contributed by atoms with E-state index in [1.807, 2.05) is 29.2 Å². The molecule has 1 aromatic heterocycles. The third kappa shape index (κ3) is 7.99. The standard InChI is InChI=1S/C34H51ClN6O2/c1-3-40(4-2)32(42)26-12-16-29(17-13-26)38-30(22-25-10-14-28(35)15-11-25)33(43)41-20-18-34(19-21-41,23-31-36-24-37-39-31)27-8-6-5-7-9-27/h10-11,14-15,24,26-27,29-30,38H,3-9,12-13,16-23H2,1-2H3,(H,36,37,39)/t26-,29-,30-/m1/s1. The second kappa shape index (κ2) is 15.0. The second-order valence-corrected chi connectivity index (χ2v) is 13.7. The number of nitrogens with zero attached hydrogens (tertiary/aromatic N) is 4. The number of carbonyl (C=O) groups excluding carboxylic acids is 2. The number of aromatic nitrogens is 3. The Kier molecular flexibility index (Phi) is 11.2. The molecule has 2 aliphatic carbocycles. The average molecular weight is 611 g/mol. The van der Waals surface area contributed by atoms with Crippen LogP contribution in [0.1, 0.15) is 95.9 Å². The maximum absolute atomic E-state index is 14.2. The SMILES string of the molecule is CCN(CC)C(=O)[C@H]1CC[C@H](N[C@H](Cc2ccc(Cl)cc2)C(=O)N2CCC(Cc3nc[nH]n3)(C3CCCCC3)CC2)CC1. The molecule has 236 valence electrons. The Hall–Kier alpha value is -2.45. The van der Waals surface area contributed by atoms with Crippen LogP contribution in [0.25, 0.3) is 0 Å². The first-order valence-electron chi connectivity index (χ1n) is 16.8. The van der Waals surface area contributed by atoms with Crippen molar-refractivity contribution >= 4 is 23.4 Å². The first-order chi connectivity index (χ1) is 20.9. The number of H-pyrrole nitrogens is 1. The number of rotatable bonds is 11. The lowest BCUT2D eigenvalue weighted by Crippen LogP contribution is -2.55. The summed E-state index contributed by atoms with van der Waals surface area (Å²) >= 11 is 6.18. The number of hydrogen-bond acceptors (Lipinski definition) is 5. The van der Waals surface area contributed by atoms with E-state index in [4.69, 9.17) is 11.6 Å². The molecule has 0 unspecified atom stereocenters. The van der Waals surface area contributed by atoms with Crippen molar-refractivity contribution in [3.05, 3.63) is 47.0 Å². The van der Waals surface area contributed by atoms with Gasteiger partial charge in [-0.2, -0.15) is 5.10 Å². The van der Waals surface area contributed by atoms with Gasteiger partial charge >= 0.3 is 0 Å². The summed E-state index contributed by atoms with van der Waals surface area (Å²) in [7, 11) is 0. The zero-order valence-corrected chi connectivity index (χ0v) is 27.0. The van der Waals surface area contributed by atoms with Crippen molar-refractivity contribution in [2.45, 2.75) is 109 Å². The molecule has 43 heavy (non-hydrogen) atoms. The van der Waals surface area contributed by atoms with Gasteiger partial charge in [-0.3, -0.25) is 14.7 Å². The number of nitrogens with one attached hydrogen (secondary N) is 2. The number of amides is 2. The molecule has 2 heterocycles. The van der Waals surface area contributed by atoms with Gasteiger partial charge in [-0.25, -0.2) is 4.98 Å². The third-order valence-corrected chi connectivity index (χ3v) is 11.0. The van der Waals surface area contributed by atoms with E-state index in [9.17, 15) is 9.59 Å². The summed E-state index contributed by atoms with van der Waals surface area (Å²) in [5, 5.41) is 11.8. The number of halogens is 1. The molecule has 3 aliphatic rings. The van der Waals surface area contributed by atoms with Crippen LogP contribution in [0.4, 0.5) is 0 Å². The molecule has 5 rings (SSSR count). The van der Waals surface area contributed by atoms with E-state index in [2.05, 4.69) is 39.2 Å². The summed E-state index contributed by atoms with van der Waals surface area (Å²) < 4.78 is 0. The zero-order valence-electron chi connectivity index (χ0n) is 26.2. The normalized spacial score (nSPS) is 23.6. The Morgan fingerprint density at radius 1 is 1.02 bits per heavy atom. The monoisotopic (exact) mass is 610 g/mol. The Morgan fingerprint density at radius 3 is 2.30 bits per heavy atom. The molecule has 0 bridgehead atoms. The Morgan fingerprint density at radius 2 is 1.70 bits per heavy atom.